The fourth-order valence-electron chi connectivity index (χ4n) is 2.57. The maximum atomic E-state index is 12.4. The molecule has 0 aromatic heterocycles. The van der Waals surface area contributed by atoms with Crippen LogP contribution in [-0.4, -0.2) is 17.7 Å². The normalized spacial score (nSPS) is 23.1. The molecule has 1 aromatic carbocycles. The summed E-state index contributed by atoms with van der Waals surface area (Å²) in [5.41, 5.74) is 1.90. The van der Waals surface area contributed by atoms with Crippen LogP contribution in [0.1, 0.15) is 41.6 Å². The summed E-state index contributed by atoms with van der Waals surface area (Å²) in [7, 11) is 0. The van der Waals surface area contributed by atoms with E-state index < -0.39 is 0 Å². The molecule has 2 aliphatic rings. The van der Waals surface area contributed by atoms with Crippen molar-refractivity contribution in [2.75, 3.05) is 0 Å². The van der Waals surface area contributed by atoms with Gasteiger partial charge in [0, 0.05) is 11.5 Å². The highest BCUT2D eigenvalue weighted by molar-refractivity contribution is 6.03. The Kier molecular flexibility index (Phi) is 2.90. The van der Waals surface area contributed by atoms with Gasteiger partial charge in [0.2, 0.25) is 5.91 Å². The van der Waals surface area contributed by atoms with Crippen molar-refractivity contribution in [2.24, 2.45) is 5.92 Å². The van der Waals surface area contributed by atoms with Crippen LogP contribution in [0.4, 0.5) is 0 Å². The Morgan fingerprint density at radius 1 is 1.17 bits per heavy atom. The van der Waals surface area contributed by atoms with Gasteiger partial charge in [0.25, 0.3) is 0 Å². The topological polar surface area (TPSA) is 46.2 Å². The van der Waals surface area contributed by atoms with E-state index in [9.17, 15) is 9.59 Å². The van der Waals surface area contributed by atoms with E-state index in [1.165, 1.54) is 0 Å². The highest BCUT2D eigenvalue weighted by Crippen LogP contribution is 2.29. The highest BCUT2D eigenvalue weighted by Gasteiger charge is 2.33. The van der Waals surface area contributed by atoms with Gasteiger partial charge in [-0.15, -0.1) is 0 Å². The lowest BCUT2D eigenvalue weighted by Gasteiger charge is -2.15. The zero-order chi connectivity index (χ0) is 12.5. The zero-order valence-corrected chi connectivity index (χ0v) is 10.3. The number of carbonyl (C=O) groups is 2. The monoisotopic (exact) mass is 243 g/mol. The molecule has 2 aliphatic carbocycles. The predicted octanol–water partition coefficient (Wildman–Crippen LogP) is 2.10. The quantitative estimate of drug-likeness (QED) is 0.808. The smallest absolute Gasteiger partial charge is 0.223 e. The highest BCUT2D eigenvalue weighted by atomic mass is 16.2. The predicted molar refractivity (Wildman–Crippen MR) is 68.4 cm³/mol. The Labute approximate surface area is 107 Å². The number of nitrogens with one attached hydrogen (secondary N) is 1. The third-order valence-corrected chi connectivity index (χ3v) is 3.80. The number of rotatable bonds is 2. The molecule has 1 N–H and O–H groups in total. The fourth-order valence-corrected chi connectivity index (χ4v) is 2.57. The number of Topliss-reactive ketones (excluding diaryl/α,β-unsaturated/α-hetero) is 1. The van der Waals surface area contributed by atoms with Gasteiger partial charge in [-0.05, 0) is 37.7 Å². The van der Waals surface area contributed by atoms with E-state index in [-0.39, 0.29) is 23.7 Å². The van der Waals surface area contributed by atoms with Gasteiger partial charge < -0.3 is 5.32 Å². The molecule has 0 heterocycles. The standard InChI is InChI=1S/C15H17NO2/c17-14-12-6-2-1-4-10(12)5-3-7-13(14)16-15(18)11-8-9-11/h1-2,4,6,11,13H,3,5,7-9H2,(H,16,18). The van der Waals surface area contributed by atoms with Gasteiger partial charge in [-0.3, -0.25) is 9.59 Å². The molecular weight excluding hydrogens is 226 g/mol. The molecule has 0 spiro atoms. The maximum absolute atomic E-state index is 12.4. The molecule has 1 fully saturated rings. The Bertz CT molecular complexity index is 491. The summed E-state index contributed by atoms with van der Waals surface area (Å²) in [6.45, 7) is 0. The molecule has 1 aromatic rings. The molecule has 0 radical (unpaired) electrons. The minimum absolute atomic E-state index is 0.0627. The van der Waals surface area contributed by atoms with Gasteiger partial charge in [-0.2, -0.15) is 0 Å². The molecule has 1 saturated carbocycles. The lowest BCUT2D eigenvalue weighted by molar-refractivity contribution is -0.122. The van der Waals surface area contributed by atoms with Crippen LogP contribution in [0.25, 0.3) is 0 Å². The zero-order valence-electron chi connectivity index (χ0n) is 10.3. The van der Waals surface area contributed by atoms with E-state index in [1.54, 1.807) is 0 Å². The van der Waals surface area contributed by atoms with Crippen molar-refractivity contribution in [3.05, 3.63) is 35.4 Å². The summed E-state index contributed by atoms with van der Waals surface area (Å²) in [5, 5.41) is 2.92. The first-order valence-electron chi connectivity index (χ1n) is 6.68. The Hall–Kier alpha value is -1.64. The molecule has 0 bridgehead atoms. The van der Waals surface area contributed by atoms with Gasteiger partial charge in [0.05, 0.1) is 6.04 Å². The second-order valence-corrected chi connectivity index (χ2v) is 5.25. The second-order valence-electron chi connectivity index (χ2n) is 5.25. The lowest BCUT2D eigenvalue weighted by atomic mass is 10.0. The molecule has 94 valence electrons. The second kappa shape index (κ2) is 4.56. The van der Waals surface area contributed by atoms with Crippen molar-refractivity contribution in [3.63, 3.8) is 0 Å². The first-order valence-corrected chi connectivity index (χ1v) is 6.68. The largest absolute Gasteiger partial charge is 0.346 e. The first-order chi connectivity index (χ1) is 8.75. The third-order valence-electron chi connectivity index (χ3n) is 3.80. The summed E-state index contributed by atoms with van der Waals surface area (Å²) in [4.78, 5) is 24.2. The van der Waals surface area contributed by atoms with Crippen LogP contribution in [0.2, 0.25) is 0 Å². The van der Waals surface area contributed by atoms with Crippen molar-refractivity contribution in [3.8, 4) is 0 Å². The Balaban J connectivity index is 1.80. The summed E-state index contributed by atoms with van der Waals surface area (Å²) >= 11 is 0. The molecule has 18 heavy (non-hydrogen) atoms. The van der Waals surface area contributed by atoms with Crippen LogP contribution in [0.5, 0.6) is 0 Å². The van der Waals surface area contributed by atoms with Gasteiger partial charge in [0.1, 0.15) is 0 Å². The molecular formula is C15H17NO2. The summed E-state index contributed by atoms with van der Waals surface area (Å²) in [5.74, 6) is 0.307. The molecule has 3 rings (SSSR count). The third kappa shape index (κ3) is 2.17. The number of hydrogen-bond acceptors (Lipinski definition) is 2. The van der Waals surface area contributed by atoms with Crippen molar-refractivity contribution in [1.82, 2.24) is 5.32 Å². The lowest BCUT2D eigenvalue weighted by Crippen LogP contribution is -2.41. The minimum Gasteiger partial charge on any atom is -0.346 e. The van der Waals surface area contributed by atoms with Crippen molar-refractivity contribution in [2.45, 2.75) is 38.1 Å². The fraction of sp³-hybridized carbons (Fsp3) is 0.467. The Morgan fingerprint density at radius 3 is 2.72 bits per heavy atom. The number of aryl methyl sites for hydroxylation is 1. The molecule has 0 aliphatic heterocycles. The van der Waals surface area contributed by atoms with Gasteiger partial charge in [0.15, 0.2) is 5.78 Å². The molecule has 3 heteroatoms. The number of hydrogen-bond donors (Lipinski definition) is 1. The number of ketones is 1. The number of fused-ring (bicyclic) bond motifs is 1. The van der Waals surface area contributed by atoms with Crippen molar-refractivity contribution < 1.29 is 9.59 Å². The average Bonchev–Trinajstić information content (AvgIpc) is 3.20. The summed E-state index contributed by atoms with van der Waals surface area (Å²) in [6.07, 6.45) is 4.59. The van der Waals surface area contributed by atoms with Gasteiger partial charge >= 0.3 is 0 Å². The van der Waals surface area contributed by atoms with Gasteiger partial charge in [-0.25, -0.2) is 0 Å². The number of amides is 1. The van der Waals surface area contributed by atoms with E-state index >= 15 is 0 Å². The van der Waals surface area contributed by atoms with Crippen molar-refractivity contribution >= 4 is 11.7 Å². The average molecular weight is 243 g/mol. The summed E-state index contributed by atoms with van der Waals surface area (Å²) < 4.78 is 0. The van der Waals surface area contributed by atoms with E-state index in [0.717, 1.165) is 43.2 Å². The van der Waals surface area contributed by atoms with E-state index in [0.29, 0.717) is 0 Å². The number of benzene rings is 1. The molecule has 1 unspecified atom stereocenters. The van der Waals surface area contributed by atoms with E-state index in [4.69, 9.17) is 0 Å². The van der Waals surface area contributed by atoms with Crippen LogP contribution in [0.3, 0.4) is 0 Å². The van der Waals surface area contributed by atoms with Crippen LogP contribution < -0.4 is 5.32 Å². The van der Waals surface area contributed by atoms with Crippen molar-refractivity contribution in [1.29, 1.82) is 0 Å². The SMILES string of the molecule is O=C(NC1CCCc2ccccc2C1=O)C1CC1. The molecule has 3 nitrogen and oxygen atoms in total. The van der Waals surface area contributed by atoms with Crippen LogP contribution in [-0.2, 0) is 11.2 Å². The number of carbonyl (C=O) groups excluding carboxylic acids is 2. The molecule has 1 atom stereocenters. The first kappa shape index (κ1) is 11.5. The van der Waals surface area contributed by atoms with E-state index in [2.05, 4.69) is 5.32 Å². The van der Waals surface area contributed by atoms with Crippen LogP contribution in [0.15, 0.2) is 24.3 Å². The van der Waals surface area contributed by atoms with Crippen LogP contribution in [0, 0.1) is 5.92 Å². The molecule has 0 saturated heterocycles. The Morgan fingerprint density at radius 2 is 1.94 bits per heavy atom. The van der Waals surface area contributed by atoms with E-state index in [1.807, 2.05) is 24.3 Å². The van der Waals surface area contributed by atoms with Crippen LogP contribution >= 0.6 is 0 Å². The maximum Gasteiger partial charge on any atom is 0.223 e. The molecule has 1 amide bonds. The van der Waals surface area contributed by atoms with Gasteiger partial charge in [-0.1, -0.05) is 24.3 Å². The minimum atomic E-state index is -0.318. The summed E-state index contributed by atoms with van der Waals surface area (Å²) in [6, 6.07) is 7.43.